The van der Waals surface area contributed by atoms with Gasteiger partial charge in [-0.05, 0) is 39.0 Å². The maximum Gasteiger partial charge on any atom is 0.416 e. The number of benzene rings is 1. The summed E-state index contributed by atoms with van der Waals surface area (Å²) in [7, 11) is 0. The van der Waals surface area contributed by atoms with E-state index < -0.39 is 71.4 Å². The van der Waals surface area contributed by atoms with Gasteiger partial charge in [-0.15, -0.1) is 0 Å². The predicted molar refractivity (Wildman–Crippen MR) is 99.9 cm³/mol. The molecule has 1 saturated heterocycles. The standard InChI is InChI=1S/C20H21F6NO6/c1-10(28)32-15(17(30)33-18(2,3)4)14-16(29)27(5-6-31-14)13-8-11(19(21,22)23)7-12(9-13)20(24,25)26/h7-9,14-15H,5-6H2,1-4H3/t14-,15?/m1/s1. The van der Waals surface area contributed by atoms with E-state index >= 15 is 0 Å². The fraction of sp³-hybridized carbons (Fsp3) is 0.550. The Hall–Kier alpha value is -2.83. The highest BCUT2D eigenvalue weighted by Gasteiger charge is 2.45. The van der Waals surface area contributed by atoms with E-state index in [2.05, 4.69) is 0 Å². The highest BCUT2D eigenvalue weighted by atomic mass is 19.4. The van der Waals surface area contributed by atoms with E-state index in [0.29, 0.717) is 17.0 Å². The molecule has 1 fully saturated rings. The Morgan fingerprint density at radius 3 is 1.97 bits per heavy atom. The van der Waals surface area contributed by atoms with Crippen LogP contribution in [0, 0.1) is 0 Å². The third-order valence-electron chi connectivity index (χ3n) is 4.21. The van der Waals surface area contributed by atoms with Crippen molar-refractivity contribution >= 4 is 23.5 Å². The molecule has 0 bridgehead atoms. The number of morpholine rings is 1. The number of amides is 1. The summed E-state index contributed by atoms with van der Waals surface area (Å²) in [5.74, 6) is -3.33. The SMILES string of the molecule is CC(=O)OC(C(=O)OC(C)(C)C)[C@H]1OCCN(c2cc(C(F)(F)F)cc(C(F)(F)F)c2)C1=O. The van der Waals surface area contributed by atoms with Crippen LogP contribution in [0.4, 0.5) is 32.0 Å². The zero-order chi connectivity index (χ0) is 25.4. The first-order valence-corrected chi connectivity index (χ1v) is 9.52. The zero-order valence-electron chi connectivity index (χ0n) is 18.0. The summed E-state index contributed by atoms with van der Waals surface area (Å²) < 4.78 is 94.4. The molecule has 2 rings (SSSR count). The van der Waals surface area contributed by atoms with Crippen LogP contribution < -0.4 is 4.90 Å². The summed E-state index contributed by atoms with van der Waals surface area (Å²) in [5.41, 5.74) is -5.00. The molecule has 2 atom stereocenters. The summed E-state index contributed by atoms with van der Waals surface area (Å²) in [6.45, 7) is 4.64. The van der Waals surface area contributed by atoms with Crippen LogP contribution in [0.1, 0.15) is 38.8 Å². The minimum Gasteiger partial charge on any atom is -0.457 e. The Bertz CT molecular complexity index is 889. The highest BCUT2D eigenvalue weighted by molar-refractivity contribution is 6.01. The van der Waals surface area contributed by atoms with Crippen molar-refractivity contribution in [2.24, 2.45) is 0 Å². The zero-order valence-corrected chi connectivity index (χ0v) is 18.0. The molecule has 1 aliphatic heterocycles. The molecule has 1 aliphatic rings. The van der Waals surface area contributed by atoms with Crippen molar-refractivity contribution in [3.63, 3.8) is 0 Å². The molecule has 1 heterocycles. The largest absolute Gasteiger partial charge is 0.457 e. The van der Waals surface area contributed by atoms with Crippen molar-refractivity contribution in [1.29, 1.82) is 0 Å². The van der Waals surface area contributed by atoms with Gasteiger partial charge in [-0.1, -0.05) is 0 Å². The van der Waals surface area contributed by atoms with Crippen LogP contribution in [0.2, 0.25) is 0 Å². The van der Waals surface area contributed by atoms with E-state index in [1.165, 1.54) is 20.8 Å². The second kappa shape index (κ2) is 9.20. The van der Waals surface area contributed by atoms with Gasteiger partial charge in [-0.3, -0.25) is 9.59 Å². The van der Waals surface area contributed by atoms with Gasteiger partial charge in [-0.2, -0.15) is 26.3 Å². The number of rotatable bonds is 4. The number of anilines is 1. The number of alkyl halides is 6. The summed E-state index contributed by atoms with van der Waals surface area (Å²) in [6.07, 6.45) is -14.0. The summed E-state index contributed by atoms with van der Waals surface area (Å²) in [6, 6.07) is 0.682. The topological polar surface area (TPSA) is 82.1 Å². The molecule has 1 aromatic carbocycles. The third kappa shape index (κ3) is 6.83. The molecule has 0 radical (unpaired) electrons. The molecule has 0 N–H and O–H groups in total. The summed E-state index contributed by atoms with van der Waals surface area (Å²) in [4.78, 5) is 37.6. The molecule has 13 heteroatoms. The van der Waals surface area contributed by atoms with Crippen molar-refractivity contribution in [1.82, 2.24) is 0 Å². The molecular weight excluding hydrogens is 464 g/mol. The number of carbonyl (C=O) groups is 3. The molecule has 7 nitrogen and oxygen atoms in total. The normalized spacial score (nSPS) is 18.7. The molecule has 0 aromatic heterocycles. The van der Waals surface area contributed by atoms with Crippen molar-refractivity contribution in [3.05, 3.63) is 29.3 Å². The minimum atomic E-state index is -5.12. The number of hydrogen-bond donors (Lipinski definition) is 0. The lowest BCUT2D eigenvalue weighted by molar-refractivity contribution is -0.188. The fourth-order valence-corrected chi connectivity index (χ4v) is 2.95. The van der Waals surface area contributed by atoms with E-state index in [1.54, 1.807) is 0 Å². The van der Waals surface area contributed by atoms with E-state index in [0.717, 1.165) is 6.92 Å². The number of carbonyl (C=O) groups excluding carboxylic acids is 3. The van der Waals surface area contributed by atoms with Gasteiger partial charge in [0.25, 0.3) is 5.91 Å². The number of ether oxygens (including phenoxy) is 3. The van der Waals surface area contributed by atoms with E-state index in [4.69, 9.17) is 14.2 Å². The minimum absolute atomic E-state index is 0.0751. The maximum absolute atomic E-state index is 13.2. The first-order valence-electron chi connectivity index (χ1n) is 9.52. The van der Waals surface area contributed by atoms with Crippen LogP contribution in [-0.4, -0.2) is 48.8 Å². The first kappa shape index (κ1) is 26.4. The van der Waals surface area contributed by atoms with Crippen LogP contribution in [-0.2, 0) is 40.9 Å². The second-order valence-electron chi connectivity index (χ2n) is 8.11. The van der Waals surface area contributed by atoms with Gasteiger partial charge < -0.3 is 19.1 Å². The lowest BCUT2D eigenvalue weighted by atomic mass is 10.1. The first-order chi connectivity index (χ1) is 14.9. The number of nitrogens with zero attached hydrogens (tertiary/aromatic N) is 1. The Morgan fingerprint density at radius 1 is 1.03 bits per heavy atom. The van der Waals surface area contributed by atoms with Gasteiger partial charge in [-0.25, -0.2) is 4.79 Å². The molecule has 0 spiro atoms. The Labute approximate surface area is 184 Å². The molecular formula is C20H21F6NO6. The Balaban J connectivity index is 2.48. The fourth-order valence-electron chi connectivity index (χ4n) is 2.95. The number of hydrogen-bond acceptors (Lipinski definition) is 6. The summed E-state index contributed by atoms with van der Waals surface area (Å²) in [5, 5.41) is 0. The van der Waals surface area contributed by atoms with Gasteiger partial charge in [0.05, 0.1) is 17.7 Å². The van der Waals surface area contributed by atoms with Crippen LogP contribution >= 0.6 is 0 Å². The van der Waals surface area contributed by atoms with E-state index in [-0.39, 0.29) is 12.7 Å². The summed E-state index contributed by atoms with van der Waals surface area (Å²) >= 11 is 0. The van der Waals surface area contributed by atoms with Crippen molar-refractivity contribution in [2.75, 3.05) is 18.1 Å². The highest BCUT2D eigenvalue weighted by Crippen LogP contribution is 2.39. The van der Waals surface area contributed by atoms with Crippen LogP contribution in [0.3, 0.4) is 0 Å². The average Bonchev–Trinajstić information content (AvgIpc) is 2.63. The van der Waals surface area contributed by atoms with Crippen LogP contribution in [0.5, 0.6) is 0 Å². The molecule has 33 heavy (non-hydrogen) atoms. The molecule has 184 valence electrons. The van der Waals surface area contributed by atoms with Gasteiger partial charge >= 0.3 is 24.3 Å². The van der Waals surface area contributed by atoms with Gasteiger partial charge in [0.1, 0.15) is 5.60 Å². The molecule has 0 saturated carbocycles. The number of esters is 2. The van der Waals surface area contributed by atoms with E-state index in [1.807, 2.05) is 0 Å². The third-order valence-corrected chi connectivity index (χ3v) is 4.21. The monoisotopic (exact) mass is 485 g/mol. The molecule has 1 unspecified atom stereocenters. The quantitative estimate of drug-likeness (QED) is 0.478. The second-order valence-corrected chi connectivity index (χ2v) is 8.11. The molecule has 0 aliphatic carbocycles. The van der Waals surface area contributed by atoms with Crippen LogP contribution in [0.15, 0.2) is 18.2 Å². The maximum atomic E-state index is 13.2. The van der Waals surface area contributed by atoms with Crippen molar-refractivity contribution in [2.45, 2.75) is 57.9 Å². The van der Waals surface area contributed by atoms with Gasteiger partial charge in [0.2, 0.25) is 6.10 Å². The molecule has 1 amide bonds. The van der Waals surface area contributed by atoms with Gasteiger partial charge in [0, 0.05) is 19.2 Å². The molecule has 1 aromatic rings. The number of halogens is 6. The van der Waals surface area contributed by atoms with Crippen molar-refractivity contribution < 1.29 is 54.9 Å². The van der Waals surface area contributed by atoms with E-state index in [9.17, 15) is 40.7 Å². The van der Waals surface area contributed by atoms with Crippen LogP contribution in [0.25, 0.3) is 0 Å². The lowest BCUT2D eigenvalue weighted by Crippen LogP contribution is -2.56. The predicted octanol–water partition coefficient (Wildman–Crippen LogP) is 3.73. The van der Waals surface area contributed by atoms with Crippen molar-refractivity contribution in [3.8, 4) is 0 Å². The smallest absolute Gasteiger partial charge is 0.416 e. The average molecular weight is 485 g/mol. The van der Waals surface area contributed by atoms with Gasteiger partial charge in [0.15, 0.2) is 6.10 Å². The Morgan fingerprint density at radius 2 is 1.55 bits per heavy atom. The Kier molecular flexibility index (Phi) is 7.36. The lowest BCUT2D eigenvalue weighted by Gasteiger charge is -2.36.